The first kappa shape index (κ1) is 10.3. The van der Waals surface area contributed by atoms with Gasteiger partial charge in [0.2, 0.25) is 0 Å². The lowest BCUT2D eigenvalue weighted by molar-refractivity contribution is -0.138. The minimum absolute atomic E-state index is 0.160. The first-order valence-corrected chi connectivity index (χ1v) is 4.47. The molecule has 0 fully saturated rings. The molecule has 0 aliphatic rings. The second-order valence-corrected chi connectivity index (χ2v) is 3.87. The van der Waals surface area contributed by atoms with E-state index in [1.807, 2.05) is 0 Å². The molecule has 0 spiro atoms. The van der Waals surface area contributed by atoms with E-state index < -0.39 is 11.5 Å². The fraction of sp³-hybridized carbons (Fsp3) is 0.375. The molecule has 1 atom stereocenters. The van der Waals surface area contributed by atoms with Gasteiger partial charge in [-0.1, -0.05) is 0 Å². The van der Waals surface area contributed by atoms with Gasteiger partial charge in [-0.05, 0) is 35.0 Å². The Hall–Kier alpha value is -0.810. The minimum atomic E-state index is -0.960. The zero-order valence-corrected chi connectivity index (χ0v) is 8.67. The largest absolute Gasteiger partial charge is 0.481 e. The van der Waals surface area contributed by atoms with Crippen molar-refractivity contribution in [1.82, 2.24) is 0 Å². The number of nitrogens with two attached hydrogens (primary N) is 1. The lowest BCUT2D eigenvalue weighted by Gasteiger charge is -2.18. The van der Waals surface area contributed by atoms with Crippen molar-refractivity contribution >= 4 is 21.9 Å². The van der Waals surface area contributed by atoms with Gasteiger partial charge in [-0.25, -0.2) is 0 Å². The number of rotatable bonds is 3. The third-order valence-electron chi connectivity index (χ3n) is 1.65. The molecule has 4 nitrogen and oxygen atoms in total. The van der Waals surface area contributed by atoms with Crippen LogP contribution < -0.4 is 5.73 Å². The van der Waals surface area contributed by atoms with Crippen LogP contribution in [0, 0.1) is 0 Å². The Balaban J connectivity index is 2.86. The normalized spacial score (nSPS) is 15.3. The van der Waals surface area contributed by atoms with Gasteiger partial charge in [0.25, 0.3) is 0 Å². The molecule has 0 aromatic carbocycles. The van der Waals surface area contributed by atoms with Gasteiger partial charge in [0.15, 0.2) is 4.67 Å². The zero-order valence-electron chi connectivity index (χ0n) is 7.08. The maximum Gasteiger partial charge on any atom is 0.305 e. The Morgan fingerprint density at radius 3 is 2.77 bits per heavy atom. The predicted octanol–water partition coefficient (Wildman–Crippen LogP) is 1.69. The average molecular weight is 248 g/mol. The number of halogens is 1. The molecule has 0 bridgehead atoms. The van der Waals surface area contributed by atoms with Crippen LogP contribution in [0.2, 0.25) is 0 Å². The van der Waals surface area contributed by atoms with E-state index in [9.17, 15) is 4.79 Å². The van der Waals surface area contributed by atoms with Crippen molar-refractivity contribution in [3.8, 4) is 0 Å². The fourth-order valence-corrected chi connectivity index (χ4v) is 1.33. The number of carboxylic acid groups (broad SMARTS) is 1. The van der Waals surface area contributed by atoms with Crippen molar-refractivity contribution in [2.45, 2.75) is 18.9 Å². The van der Waals surface area contributed by atoms with Crippen molar-refractivity contribution in [3.63, 3.8) is 0 Å². The van der Waals surface area contributed by atoms with Crippen LogP contribution in [0.1, 0.15) is 19.1 Å². The highest BCUT2D eigenvalue weighted by molar-refractivity contribution is 9.10. The quantitative estimate of drug-likeness (QED) is 0.853. The van der Waals surface area contributed by atoms with Crippen LogP contribution in [0.25, 0.3) is 0 Å². The summed E-state index contributed by atoms with van der Waals surface area (Å²) in [5.74, 6) is -0.487. The highest BCUT2D eigenvalue weighted by Crippen LogP contribution is 2.25. The molecule has 0 aliphatic carbocycles. The van der Waals surface area contributed by atoms with E-state index in [-0.39, 0.29) is 6.42 Å². The molecule has 1 aromatic rings. The lowest BCUT2D eigenvalue weighted by Crippen LogP contribution is -2.35. The molecular formula is C8H10BrNO3. The van der Waals surface area contributed by atoms with Gasteiger partial charge < -0.3 is 15.3 Å². The molecule has 5 heteroatoms. The monoisotopic (exact) mass is 247 g/mol. The summed E-state index contributed by atoms with van der Waals surface area (Å²) >= 11 is 3.12. The van der Waals surface area contributed by atoms with Gasteiger partial charge in [0, 0.05) is 0 Å². The van der Waals surface area contributed by atoms with E-state index >= 15 is 0 Å². The van der Waals surface area contributed by atoms with Gasteiger partial charge in [0.1, 0.15) is 5.76 Å². The van der Waals surface area contributed by atoms with E-state index in [1.165, 1.54) is 0 Å². The van der Waals surface area contributed by atoms with Crippen molar-refractivity contribution in [2.24, 2.45) is 5.73 Å². The van der Waals surface area contributed by atoms with Crippen molar-refractivity contribution in [3.05, 3.63) is 22.6 Å². The van der Waals surface area contributed by atoms with Crippen LogP contribution in [0.5, 0.6) is 0 Å². The molecule has 0 radical (unpaired) electrons. The molecule has 0 amide bonds. The Morgan fingerprint density at radius 2 is 2.38 bits per heavy atom. The Kier molecular flexibility index (Phi) is 2.77. The number of hydrogen-bond acceptors (Lipinski definition) is 3. The number of carboxylic acids is 1. The summed E-state index contributed by atoms with van der Waals surface area (Å²) in [5.41, 5.74) is 4.80. The van der Waals surface area contributed by atoms with Crippen molar-refractivity contribution < 1.29 is 14.3 Å². The van der Waals surface area contributed by atoms with Gasteiger partial charge in [-0.3, -0.25) is 4.79 Å². The van der Waals surface area contributed by atoms with E-state index in [2.05, 4.69) is 15.9 Å². The number of carbonyl (C=O) groups is 1. The Labute approximate surface area is 83.8 Å². The highest BCUT2D eigenvalue weighted by Gasteiger charge is 2.27. The predicted molar refractivity (Wildman–Crippen MR) is 50.2 cm³/mol. The number of hydrogen-bond donors (Lipinski definition) is 2. The number of aliphatic carboxylic acids is 1. The summed E-state index contributed by atoms with van der Waals surface area (Å²) < 4.78 is 5.72. The first-order valence-electron chi connectivity index (χ1n) is 3.68. The average Bonchev–Trinajstić information content (AvgIpc) is 2.32. The van der Waals surface area contributed by atoms with Crippen molar-refractivity contribution in [2.75, 3.05) is 0 Å². The molecule has 0 aliphatic heterocycles. The summed E-state index contributed by atoms with van der Waals surface area (Å²) in [4.78, 5) is 10.5. The smallest absolute Gasteiger partial charge is 0.305 e. The summed E-state index contributed by atoms with van der Waals surface area (Å²) in [6.45, 7) is 1.62. The van der Waals surface area contributed by atoms with Gasteiger partial charge in [0.05, 0.1) is 12.0 Å². The van der Waals surface area contributed by atoms with E-state index in [0.29, 0.717) is 10.4 Å². The molecule has 0 saturated carbocycles. The molecule has 1 heterocycles. The maximum atomic E-state index is 10.5. The molecule has 0 saturated heterocycles. The molecule has 72 valence electrons. The van der Waals surface area contributed by atoms with E-state index in [1.54, 1.807) is 19.1 Å². The van der Waals surface area contributed by atoms with Crippen LogP contribution in [0.3, 0.4) is 0 Å². The topological polar surface area (TPSA) is 76.5 Å². The second-order valence-electron chi connectivity index (χ2n) is 3.09. The summed E-state index contributed by atoms with van der Waals surface area (Å²) in [6, 6.07) is 3.34. The Bertz CT molecular complexity index is 319. The fourth-order valence-electron chi connectivity index (χ4n) is 1.02. The standard InChI is InChI=1S/C8H10BrNO3/c1-8(10,4-7(11)12)5-2-3-6(9)13-5/h2-3H,4,10H2,1H3,(H,11,12). The zero-order chi connectivity index (χ0) is 10.1. The van der Waals surface area contributed by atoms with Crippen molar-refractivity contribution in [1.29, 1.82) is 0 Å². The third kappa shape index (κ3) is 2.57. The van der Waals surface area contributed by atoms with Crippen LogP contribution in [0.15, 0.2) is 21.2 Å². The van der Waals surface area contributed by atoms with Gasteiger partial charge in [-0.2, -0.15) is 0 Å². The second kappa shape index (κ2) is 3.51. The molecular weight excluding hydrogens is 238 g/mol. The highest BCUT2D eigenvalue weighted by atomic mass is 79.9. The van der Waals surface area contributed by atoms with Gasteiger partial charge in [-0.15, -0.1) is 0 Å². The first-order chi connectivity index (χ1) is 5.92. The van der Waals surface area contributed by atoms with Crippen LogP contribution in [-0.2, 0) is 10.3 Å². The van der Waals surface area contributed by atoms with Gasteiger partial charge >= 0.3 is 5.97 Å². The van der Waals surface area contributed by atoms with Crippen LogP contribution in [-0.4, -0.2) is 11.1 Å². The SMILES string of the molecule is CC(N)(CC(=O)O)c1ccc(Br)o1. The minimum Gasteiger partial charge on any atom is -0.481 e. The summed E-state index contributed by atoms with van der Waals surface area (Å²) in [7, 11) is 0. The van der Waals surface area contributed by atoms with E-state index in [0.717, 1.165) is 0 Å². The molecule has 1 aromatic heterocycles. The summed E-state index contributed by atoms with van der Waals surface area (Å²) in [6.07, 6.45) is -0.160. The third-order valence-corrected chi connectivity index (χ3v) is 2.08. The Morgan fingerprint density at radius 1 is 1.77 bits per heavy atom. The molecule has 1 unspecified atom stereocenters. The number of furan rings is 1. The molecule has 1 rings (SSSR count). The van der Waals surface area contributed by atoms with Crippen LogP contribution in [0.4, 0.5) is 0 Å². The molecule has 13 heavy (non-hydrogen) atoms. The summed E-state index contributed by atoms with van der Waals surface area (Å²) in [5, 5.41) is 8.58. The molecule has 3 N–H and O–H groups in total. The van der Waals surface area contributed by atoms with E-state index in [4.69, 9.17) is 15.3 Å². The lowest BCUT2D eigenvalue weighted by atomic mass is 9.96. The maximum absolute atomic E-state index is 10.5. The van der Waals surface area contributed by atoms with Crippen LogP contribution >= 0.6 is 15.9 Å².